The molecule has 0 aliphatic carbocycles. The summed E-state index contributed by atoms with van der Waals surface area (Å²) in [5.41, 5.74) is 2.95. The highest BCUT2D eigenvalue weighted by Gasteiger charge is 2.24. The quantitative estimate of drug-likeness (QED) is 0.858. The molecule has 4 nitrogen and oxygen atoms in total. The van der Waals surface area contributed by atoms with Crippen LogP contribution in [-0.2, 0) is 4.79 Å². The summed E-state index contributed by atoms with van der Waals surface area (Å²) in [5, 5.41) is 0. The second-order valence-electron chi connectivity index (χ2n) is 6.37. The zero-order valence-electron chi connectivity index (χ0n) is 14.6. The Morgan fingerprint density at radius 2 is 1.36 bits per heavy atom. The van der Waals surface area contributed by atoms with Crippen molar-refractivity contribution in [2.45, 2.75) is 19.8 Å². The van der Waals surface area contributed by atoms with Crippen LogP contribution in [0.4, 0.5) is 0 Å². The van der Waals surface area contributed by atoms with Crippen molar-refractivity contribution in [3.63, 3.8) is 0 Å². The van der Waals surface area contributed by atoms with Gasteiger partial charge in [-0.15, -0.1) is 0 Å². The third-order valence-corrected chi connectivity index (χ3v) is 4.62. The fraction of sp³-hybridized carbons (Fsp3) is 0.333. The number of piperazine rings is 1. The summed E-state index contributed by atoms with van der Waals surface area (Å²) in [4.78, 5) is 28.3. The van der Waals surface area contributed by atoms with E-state index in [4.69, 9.17) is 0 Å². The first kappa shape index (κ1) is 17.2. The van der Waals surface area contributed by atoms with E-state index in [1.807, 2.05) is 59.2 Å². The molecule has 3 rings (SSSR count). The van der Waals surface area contributed by atoms with E-state index in [1.165, 1.54) is 0 Å². The molecule has 4 heteroatoms. The predicted molar refractivity (Wildman–Crippen MR) is 99.3 cm³/mol. The van der Waals surface area contributed by atoms with Crippen LogP contribution in [0.5, 0.6) is 0 Å². The van der Waals surface area contributed by atoms with Crippen LogP contribution in [0.1, 0.15) is 30.1 Å². The van der Waals surface area contributed by atoms with Gasteiger partial charge in [0.05, 0.1) is 0 Å². The van der Waals surface area contributed by atoms with Crippen LogP contribution in [0.15, 0.2) is 54.6 Å². The molecule has 0 atom stereocenters. The van der Waals surface area contributed by atoms with Crippen LogP contribution >= 0.6 is 0 Å². The molecule has 2 aromatic rings. The summed E-state index contributed by atoms with van der Waals surface area (Å²) in [6.45, 7) is 4.49. The van der Waals surface area contributed by atoms with Gasteiger partial charge in [-0.2, -0.15) is 0 Å². The van der Waals surface area contributed by atoms with Crippen LogP contribution < -0.4 is 0 Å². The number of hydrogen-bond donors (Lipinski definition) is 0. The standard InChI is InChI=1S/C21H24N2O2/c1-2-6-20(24)22-13-15-23(16-14-22)21(25)19-11-9-18(10-12-19)17-7-4-3-5-8-17/h3-5,7-12H,2,6,13-16H2,1H3. The van der Waals surface area contributed by atoms with E-state index in [2.05, 4.69) is 12.1 Å². The topological polar surface area (TPSA) is 40.6 Å². The molecule has 1 saturated heterocycles. The van der Waals surface area contributed by atoms with E-state index in [9.17, 15) is 9.59 Å². The lowest BCUT2D eigenvalue weighted by Crippen LogP contribution is -2.50. The SMILES string of the molecule is CCCC(=O)N1CCN(C(=O)c2ccc(-c3ccccc3)cc2)CC1. The van der Waals surface area contributed by atoms with Gasteiger partial charge in [0, 0.05) is 38.2 Å². The molecule has 2 amide bonds. The van der Waals surface area contributed by atoms with Gasteiger partial charge >= 0.3 is 0 Å². The Bertz CT molecular complexity index is 717. The Morgan fingerprint density at radius 1 is 0.800 bits per heavy atom. The van der Waals surface area contributed by atoms with Gasteiger partial charge < -0.3 is 9.80 Å². The number of rotatable bonds is 4. The highest BCUT2D eigenvalue weighted by atomic mass is 16.2. The maximum atomic E-state index is 12.7. The highest BCUT2D eigenvalue weighted by molar-refractivity contribution is 5.95. The van der Waals surface area contributed by atoms with Gasteiger partial charge in [-0.3, -0.25) is 9.59 Å². The molecule has 0 unspecified atom stereocenters. The fourth-order valence-electron chi connectivity index (χ4n) is 3.15. The van der Waals surface area contributed by atoms with Crippen LogP contribution in [-0.4, -0.2) is 47.8 Å². The van der Waals surface area contributed by atoms with Crippen molar-refractivity contribution in [2.75, 3.05) is 26.2 Å². The lowest BCUT2D eigenvalue weighted by molar-refractivity contribution is -0.132. The Labute approximate surface area is 149 Å². The molecule has 0 spiro atoms. The van der Waals surface area contributed by atoms with Crippen LogP contribution in [0.25, 0.3) is 11.1 Å². The summed E-state index contributed by atoms with van der Waals surface area (Å²) in [6, 6.07) is 17.9. The molecule has 0 saturated carbocycles. The molecule has 0 bridgehead atoms. The Kier molecular flexibility index (Phi) is 5.49. The average molecular weight is 336 g/mol. The van der Waals surface area contributed by atoms with Gasteiger partial charge in [0.2, 0.25) is 5.91 Å². The first-order chi connectivity index (χ1) is 12.2. The van der Waals surface area contributed by atoms with Crippen molar-refractivity contribution in [1.82, 2.24) is 9.80 Å². The number of benzene rings is 2. The molecular formula is C21H24N2O2. The number of carbonyl (C=O) groups excluding carboxylic acids is 2. The Morgan fingerprint density at radius 3 is 1.96 bits per heavy atom. The molecule has 130 valence electrons. The van der Waals surface area contributed by atoms with E-state index >= 15 is 0 Å². The van der Waals surface area contributed by atoms with Crippen molar-refractivity contribution in [3.05, 3.63) is 60.2 Å². The van der Waals surface area contributed by atoms with Gasteiger partial charge in [0.15, 0.2) is 0 Å². The average Bonchev–Trinajstić information content (AvgIpc) is 2.68. The zero-order chi connectivity index (χ0) is 17.6. The van der Waals surface area contributed by atoms with Crippen LogP contribution in [0, 0.1) is 0 Å². The second-order valence-corrected chi connectivity index (χ2v) is 6.37. The first-order valence-corrected chi connectivity index (χ1v) is 8.91. The fourth-order valence-corrected chi connectivity index (χ4v) is 3.15. The van der Waals surface area contributed by atoms with Crippen molar-refractivity contribution >= 4 is 11.8 Å². The first-order valence-electron chi connectivity index (χ1n) is 8.91. The van der Waals surface area contributed by atoms with Gasteiger partial charge in [0.1, 0.15) is 0 Å². The minimum absolute atomic E-state index is 0.0437. The molecule has 0 radical (unpaired) electrons. The molecule has 1 aliphatic heterocycles. The number of hydrogen-bond acceptors (Lipinski definition) is 2. The van der Waals surface area contributed by atoms with Gasteiger partial charge in [-0.05, 0) is 29.7 Å². The molecule has 1 fully saturated rings. The van der Waals surface area contributed by atoms with E-state index < -0.39 is 0 Å². The minimum atomic E-state index is 0.0437. The normalized spacial score (nSPS) is 14.4. The van der Waals surface area contributed by atoms with E-state index in [-0.39, 0.29) is 11.8 Å². The van der Waals surface area contributed by atoms with Gasteiger partial charge in [-0.25, -0.2) is 0 Å². The number of carbonyl (C=O) groups is 2. The maximum Gasteiger partial charge on any atom is 0.253 e. The highest BCUT2D eigenvalue weighted by Crippen LogP contribution is 2.20. The third kappa shape index (κ3) is 4.08. The number of nitrogens with zero attached hydrogens (tertiary/aromatic N) is 2. The molecule has 1 aliphatic rings. The molecule has 25 heavy (non-hydrogen) atoms. The van der Waals surface area contributed by atoms with Crippen molar-refractivity contribution in [1.29, 1.82) is 0 Å². The largest absolute Gasteiger partial charge is 0.339 e. The van der Waals surface area contributed by atoms with E-state index in [0.29, 0.717) is 38.2 Å². The molecule has 0 aromatic heterocycles. The van der Waals surface area contributed by atoms with Gasteiger partial charge in [0.25, 0.3) is 5.91 Å². The van der Waals surface area contributed by atoms with Crippen molar-refractivity contribution in [3.8, 4) is 11.1 Å². The molecule has 0 N–H and O–H groups in total. The summed E-state index contributed by atoms with van der Waals surface area (Å²) < 4.78 is 0. The zero-order valence-corrected chi connectivity index (χ0v) is 14.6. The van der Waals surface area contributed by atoms with Crippen LogP contribution in [0.3, 0.4) is 0 Å². The molecular weight excluding hydrogens is 312 g/mol. The Hall–Kier alpha value is -2.62. The summed E-state index contributed by atoms with van der Waals surface area (Å²) in [7, 11) is 0. The van der Waals surface area contributed by atoms with Crippen molar-refractivity contribution < 1.29 is 9.59 Å². The van der Waals surface area contributed by atoms with Crippen LogP contribution in [0.2, 0.25) is 0 Å². The predicted octanol–water partition coefficient (Wildman–Crippen LogP) is 3.44. The summed E-state index contributed by atoms with van der Waals surface area (Å²) in [5.74, 6) is 0.240. The van der Waals surface area contributed by atoms with E-state index in [0.717, 1.165) is 17.5 Å². The molecule has 1 heterocycles. The van der Waals surface area contributed by atoms with E-state index in [1.54, 1.807) is 0 Å². The maximum absolute atomic E-state index is 12.7. The Balaban J connectivity index is 1.61. The summed E-state index contributed by atoms with van der Waals surface area (Å²) in [6.07, 6.45) is 1.46. The monoisotopic (exact) mass is 336 g/mol. The number of amides is 2. The lowest BCUT2D eigenvalue weighted by Gasteiger charge is -2.34. The van der Waals surface area contributed by atoms with Gasteiger partial charge in [-0.1, -0.05) is 49.4 Å². The smallest absolute Gasteiger partial charge is 0.253 e. The third-order valence-electron chi connectivity index (χ3n) is 4.62. The lowest BCUT2D eigenvalue weighted by atomic mass is 10.0. The molecule has 2 aromatic carbocycles. The van der Waals surface area contributed by atoms with Crippen molar-refractivity contribution in [2.24, 2.45) is 0 Å². The summed E-state index contributed by atoms with van der Waals surface area (Å²) >= 11 is 0. The second kappa shape index (κ2) is 7.97. The minimum Gasteiger partial charge on any atom is -0.339 e.